The number of carbonyl (C=O) groups is 2. The van der Waals surface area contributed by atoms with Crippen LogP contribution in [0.1, 0.15) is 348 Å². The fourth-order valence-electron chi connectivity index (χ4n) is 9.87. The van der Waals surface area contributed by atoms with Crippen LogP contribution in [0.15, 0.2) is 24.3 Å². The number of unbranched alkanes of at least 4 members (excludes halogenated alkanes) is 46. The Morgan fingerprint density at radius 2 is 0.671 bits per heavy atom. The number of rotatable bonds is 59. The molecule has 0 saturated heterocycles. The number of esters is 1. The van der Waals surface area contributed by atoms with Crippen LogP contribution in [0, 0.1) is 0 Å². The first-order valence-electron chi connectivity index (χ1n) is 31.6. The van der Waals surface area contributed by atoms with Gasteiger partial charge in [0.15, 0.2) is 0 Å². The fourth-order valence-corrected chi connectivity index (χ4v) is 9.87. The largest absolute Gasteiger partial charge is 0.466 e. The van der Waals surface area contributed by atoms with Crippen LogP contribution in [0.2, 0.25) is 0 Å². The average Bonchev–Trinajstić information content (AvgIpc) is 3.36. The lowest BCUT2D eigenvalue weighted by Gasteiger charge is -2.20. The second-order valence-corrected chi connectivity index (χ2v) is 21.7. The summed E-state index contributed by atoms with van der Waals surface area (Å²) in [4.78, 5) is 24.6. The van der Waals surface area contributed by atoms with Crippen LogP contribution in [0.25, 0.3) is 0 Å². The van der Waals surface area contributed by atoms with Crippen molar-refractivity contribution in [2.75, 3.05) is 13.2 Å². The Labute approximate surface area is 437 Å². The van der Waals surface area contributed by atoms with E-state index in [4.69, 9.17) is 4.74 Å². The molecule has 0 aliphatic rings. The van der Waals surface area contributed by atoms with E-state index in [2.05, 4.69) is 31.3 Å². The standard InChI is InChI=1S/C64H123NO5/c1-3-5-7-9-11-13-15-17-19-21-22-23-24-25-28-32-36-40-44-48-52-56-62(67)61(60-66)65-63(68)57-53-49-45-41-37-33-29-26-27-31-35-39-43-47-51-55-59-70-64(69)58-54-50-46-42-38-34-30-20-18-16-14-12-10-8-6-4-2/h20,30,52,56,61-62,66-67H,3-19,21-29,31-51,53-55,57-60H2,1-2H3,(H,65,68)/b30-20-,56-52+. The van der Waals surface area contributed by atoms with E-state index in [0.717, 1.165) is 44.9 Å². The molecule has 0 bridgehead atoms. The van der Waals surface area contributed by atoms with Gasteiger partial charge < -0.3 is 20.3 Å². The van der Waals surface area contributed by atoms with Gasteiger partial charge in [0.25, 0.3) is 0 Å². The first kappa shape index (κ1) is 68.3. The Morgan fingerprint density at radius 3 is 1.01 bits per heavy atom. The SMILES string of the molecule is CCCCCCCCC/C=C\CCCCCCCC(=O)OCCCCCCCCCCCCCCCCCCC(=O)NC(CO)C(O)/C=C/CCCCCCCCCCCCCCCCCCCCC. The summed E-state index contributed by atoms with van der Waals surface area (Å²) in [7, 11) is 0. The van der Waals surface area contributed by atoms with Gasteiger partial charge in [0.05, 0.1) is 25.4 Å². The van der Waals surface area contributed by atoms with Crippen molar-refractivity contribution in [3.05, 3.63) is 24.3 Å². The number of amides is 1. The molecule has 0 aliphatic carbocycles. The van der Waals surface area contributed by atoms with Crippen molar-refractivity contribution in [3.8, 4) is 0 Å². The lowest BCUT2D eigenvalue weighted by molar-refractivity contribution is -0.143. The summed E-state index contributed by atoms with van der Waals surface area (Å²) in [6.07, 6.45) is 73.5. The predicted octanol–water partition coefficient (Wildman–Crippen LogP) is 19.8. The number of hydrogen-bond donors (Lipinski definition) is 3. The molecular weight excluding hydrogens is 863 g/mol. The first-order valence-corrected chi connectivity index (χ1v) is 31.6. The van der Waals surface area contributed by atoms with Crippen LogP contribution in [0.5, 0.6) is 0 Å². The van der Waals surface area contributed by atoms with Gasteiger partial charge in [-0.1, -0.05) is 301 Å². The molecule has 0 heterocycles. The van der Waals surface area contributed by atoms with Crippen molar-refractivity contribution in [2.24, 2.45) is 0 Å². The summed E-state index contributed by atoms with van der Waals surface area (Å²) in [6, 6.07) is -0.634. The smallest absolute Gasteiger partial charge is 0.305 e. The Balaban J connectivity index is 3.45. The van der Waals surface area contributed by atoms with E-state index < -0.39 is 12.1 Å². The van der Waals surface area contributed by atoms with E-state index >= 15 is 0 Å². The molecule has 6 nitrogen and oxygen atoms in total. The number of nitrogens with one attached hydrogen (secondary N) is 1. The second-order valence-electron chi connectivity index (χ2n) is 21.7. The average molecular weight is 987 g/mol. The number of aliphatic hydroxyl groups is 2. The van der Waals surface area contributed by atoms with Crippen LogP contribution in [0.4, 0.5) is 0 Å². The van der Waals surface area contributed by atoms with Crippen LogP contribution >= 0.6 is 0 Å². The summed E-state index contributed by atoms with van der Waals surface area (Å²) >= 11 is 0. The molecule has 1 amide bonds. The lowest BCUT2D eigenvalue weighted by atomic mass is 10.0. The van der Waals surface area contributed by atoms with E-state index in [9.17, 15) is 19.8 Å². The molecule has 0 aromatic rings. The quantitative estimate of drug-likeness (QED) is 0.0321. The maximum absolute atomic E-state index is 12.5. The summed E-state index contributed by atoms with van der Waals surface area (Å²) in [5, 5.41) is 23.2. The molecule has 70 heavy (non-hydrogen) atoms. The Kier molecular flexibility index (Phi) is 58.5. The van der Waals surface area contributed by atoms with Crippen molar-refractivity contribution in [1.82, 2.24) is 5.32 Å². The van der Waals surface area contributed by atoms with Gasteiger partial charge in [0, 0.05) is 12.8 Å². The van der Waals surface area contributed by atoms with Crippen LogP contribution in [0.3, 0.4) is 0 Å². The van der Waals surface area contributed by atoms with Crippen molar-refractivity contribution in [1.29, 1.82) is 0 Å². The normalized spacial score (nSPS) is 12.7. The molecular formula is C64H123NO5. The molecule has 0 fully saturated rings. The number of hydrogen-bond acceptors (Lipinski definition) is 5. The monoisotopic (exact) mass is 986 g/mol. The number of ether oxygens (including phenoxy) is 1. The van der Waals surface area contributed by atoms with Gasteiger partial charge in [-0.3, -0.25) is 9.59 Å². The fraction of sp³-hybridized carbons (Fsp3) is 0.906. The van der Waals surface area contributed by atoms with Gasteiger partial charge in [-0.15, -0.1) is 0 Å². The first-order chi connectivity index (χ1) is 34.5. The molecule has 0 saturated carbocycles. The minimum Gasteiger partial charge on any atom is -0.466 e. The van der Waals surface area contributed by atoms with E-state index in [-0.39, 0.29) is 18.5 Å². The number of allylic oxidation sites excluding steroid dienone is 3. The summed E-state index contributed by atoms with van der Waals surface area (Å²) in [5.74, 6) is -0.0762. The highest BCUT2D eigenvalue weighted by atomic mass is 16.5. The minimum atomic E-state index is -0.850. The summed E-state index contributed by atoms with van der Waals surface area (Å²) in [6.45, 7) is 4.91. The molecule has 2 atom stereocenters. The molecule has 0 radical (unpaired) electrons. The molecule has 3 N–H and O–H groups in total. The van der Waals surface area contributed by atoms with Gasteiger partial charge >= 0.3 is 5.97 Å². The predicted molar refractivity (Wildman–Crippen MR) is 306 cm³/mol. The van der Waals surface area contributed by atoms with Gasteiger partial charge in [0.1, 0.15) is 0 Å². The minimum absolute atomic E-state index is 0.00450. The van der Waals surface area contributed by atoms with Crippen molar-refractivity contribution in [3.63, 3.8) is 0 Å². The summed E-state index contributed by atoms with van der Waals surface area (Å²) in [5.41, 5.74) is 0. The molecule has 0 aliphatic heterocycles. The maximum Gasteiger partial charge on any atom is 0.305 e. The van der Waals surface area contributed by atoms with Gasteiger partial charge in [-0.25, -0.2) is 0 Å². The zero-order chi connectivity index (χ0) is 50.7. The molecule has 6 heteroatoms. The summed E-state index contributed by atoms with van der Waals surface area (Å²) < 4.78 is 5.48. The number of carbonyl (C=O) groups excluding carboxylic acids is 2. The van der Waals surface area contributed by atoms with E-state index in [1.54, 1.807) is 6.08 Å². The highest BCUT2D eigenvalue weighted by molar-refractivity contribution is 5.76. The van der Waals surface area contributed by atoms with E-state index in [1.807, 2.05) is 6.08 Å². The third-order valence-corrected chi connectivity index (χ3v) is 14.7. The Morgan fingerprint density at radius 1 is 0.386 bits per heavy atom. The van der Waals surface area contributed by atoms with Gasteiger partial charge in [-0.05, 0) is 57.8 Å². The Hall–Kier alpha value is -1.66. The second kappa shape index (κ2) is 59.9. The molecule has 414 valence electrons. The Bertz CT molecular complexity index is 1090. The van der Waals surface area contributed by atoms with Crippen molar-refractivity contribution >= 4 is 11.9 Å². The highest BCUT2D eigenvalue weighted by Gasteiger charge is 2.18. The van der Waals surface area contributed by atoms with Gasteiger partial charge in [-0.2, -0.15) is 0 Å². The van der Waals surface area contributed by atoms with Crippen molar-refractivity contribution < 1.29 is 24.5 Å². The van der Waals surface area contributed by atoms with Crippen LogP contribution in [-0.2, 0) is 14.3 Å². The van der Waals surface area contributed by atoms with E-state index in [1.165, 1.54) is 276 Å². The third kappa shape index (κ3) is 55.7. The molecule has 0 rings (SSSR count). The molecule has 2 unspecified atom stereocenters. The highest BCUT2D eigenvalue weighted by Crippen LogP contribution is 2.18. The van der Waals surface area contributed by atoms with Crippen LogP contribution < -0.4 is 5.32 Å². The molecule has 0 aromatic heterocycles. The van der Waals surface area contributed by atoms with Gasteiger partial charge in [0.2, 0.25) is 5.91 Å². The maximum atomic E-state index is 12.5. The molecule has 0 aromatic carbocycles. The number of aliphatic hydroxyl groups excluding tert-OH is 2. The third-order valence-electron chi connectivity index (χ3n) is 14.7. The molecule has 0 spiro atoms. The van der Waals surface area contributed by atoms with Crippen molar-refractivity contribution in [2.45, 2.75) is 360 Å². The topological polar surface area (TPSA) is 95.9 Å². The zero-order valence-corrected chi connectivity index (χ0v) is 47.3. The lowest BCUT2D eigenvalue weighted by Crippen LogP contribution is -2.45. The van der Waals surface area contributed by atoms with Crippen LogP contribution in [-0.4, -0.2) is 47.4 Å². The zero-order valence-electron chi connectivity index (χ0n) is 47.3. The van der Waals surface area contributed by atoms with E-state index in [0.29, 0.717) is 19.4 Å².